The molecule has 3 rings (SSSR count). The minimum atomic E-state index is -0.209. The molecule has 0 spiro atoms. The van der Waals surface area contributed by atoms with Crippen molar-refractivity contribution in [2.45, 2.75) is 18.8 Å². The lowest BCUT2D eigenvalue weighted by Gasteiger charge is -2.22. The van der Waals surface area contributed by atoms with Gasteiger partial charge in [-0.2, -0.15) is 0 Å². The van der Waals surface area contributed by atoms with Gasteiger partial charge in [0.05, 0.1) is 11.9 Å². The van der Waals surface area contributed by atoms with E-state index >= 15 is 0 Å². The van der Waals surface area contributed by atoms with Crippen molar-refractivity contribution in [1.82, 2.24) is 14.9 Å². The molecule has 19 heavy (non-hydrogen) atoms. The lowest BCUT2D eigenvalue weighted by molar-refractivity contribution is 0.439. The molecule has 0 bridgehead atoms. The third kappa shape index (κ3) is 2.40. The van der Waals surface area contributed by atoms with Crippen LogP contribution in [0.15, 0.2) is 30.5 Å². The van der Waals surface area contributed by atoms with Crippen molar-refractivity contribution < 1.29 is 4.39 Å². The third-order valence-corrected chi connectivity index (χ3v) is 3.81. The number of benzene rings is 1. The monoisotopic (exact) mass is 259 g/mol. The van der Waals surface area contributed by atoms with Gasteiger partial charge in [0.25, 0.3) is 0 Å². The van der Waals surface area contributed by atoms with Gasteiger partial charge in [-0.25, -0.2) is 9.37 Å². The molecule has 1 N–H and O–H groups in total. The number of hydrogen-bond donors (Lipinski definition) is 1. The van der Waals surface area contributed by atoms with Crippen molar-refractivity contribution in [1.29, 1.82) is 0 Å². The Labute approximate surface area is 112 Å². The van der Waals surface area contributed by atoms with Gasteiger partial charge in [0.1, 0.15) is 11.6 Å². The number of nitrogens with zero attached hydrogens (tertiary/aromatic N) is 2. The molecule has 1 aliphatic heterocycles. The van der Waals surface area contributed by atoms with Crippen molar-refractivity contribution in [3.05, 3.63) is 42.1 Å². The molecule has 0 aliphatic carbocycles. The van der Waals surface area contributed by atoms with E-state index in [1.165, 1.54) is 18.9 Å². The highest BCUT2D eigenvalue weighted by Crippen LogP contribution is 2.27. The molecular weight excluding hydrogens is 241 g/mol. The van der Waals surface area contributed by atoms with Crippen molar-refractivity contribution in [2.75, 3.05) is 13.1 Å². The SMILES string of the molecule is Cn1c(-c2cccc(F)c2)cnc1C1CCCNC1. The summed E-state index contributed by atoms with van der Waals surface area (Å²) < 4.78 is 15.4. The van der Waals surface area contributed by atoms with E-state index in [0.717, 1.165) is 30.2 Å². The molecule has 1 aromatic heterocycles. The van der Waals surface area contributed by atoms with Crippen LogP contribution in [0.1, 0.15) is 24.6 Å². The third-order valence-electron chi connectivity index (χ3n) is 3.81. The zero-order valence-electron chi connectivity index (χ0n) is 11.1. The van der Waals surface area contributed by atoms with Crippen molar-refractivity contribution in [3.8, 4) is 11.3 Å². The van der Waals surface area contributed by atoms with Crippen LogP contribution in [0.5, 0.6) is 0 Å². The summed E-state index contributed by atoms with van der Waals surface area (Å²) in [6, 6.07) is 6.67. The van der Waals surface area contributed by atoms with Crippen LogP contribution < -0.4 is 5.32 Å². The molecule has 0 amide bonds. The summed E-state index contributed by atoms with van der Waals surface area (Å²) in [6.45, 7) is 2.07. The second kappa shape index (κ2) is 5.13. The normalized spacial score (nSPS) is 19.6. The maximum Gasteiger partial charge on any atom is 0.123 e. The molecule has 2 heterocycles. The van der Waals surface area contributed by atoms with Crippen LogP contribution in [-0.4, -0.2) is 22.6 Å². The molecule has 0 saturated carbocycles. The van der Waals surface area contributed by atoms with Gasteiger partial charge in [-0.3, -0.25) is 0 Å². The summed E-state index contributed by atoms with van der Waals surface area (Å²) in [7, 11) is 2.01. The molecule has 1 aromatic carbocycles. The van der Waals surface area contributed by atoms with E-state index in [-0.39, 0.29) is 5.82 Å². The van der Waals surface area contributed by atoms with Gasteiger partial charge < -0.3 is 9.88 Å². The highest BCUT2D eigenvalue weighted by Gasteiger charge is 2.20. The lowest BCUT2D eigenvalue weighted by atomic mass is 9.99. The topological polar surface area (TPSA) is 29.9 Å². The molecule has 4 heteroatoms. The Balaban J connectivity index is 1.94. The summed E-state index contributed by atoms with van der Waals surface area (Å²) in [4.78, 5) is 4.55. The average molecular weight is 259 g/mol. The number of aromatic nitrogens is 2. The molecule has 1 saturated heterocycles. The molecular formula is C15H18FN3. The fraction of sp³-hybridized carbons (Fsp3) is 0.400. The van der Waals surface area contributed by atoms with Crippen LogP contribution >= 0.6 is 0 Å². The van der Waals surface area contributed by atoms with Crippen molar-refractivity contribution >= 4 is 0 Å². The Kier molecular flexibility index (Phi) is 3.34. The summed E-state index contributed by atoms with van der Waals surface area (Å²) in [6.07, 6.45) is 4.20. The molecule has 1 fully saturated rings. The second-order valence-electron chi connectivity index (χ2n) is 5.11. The number of imidazole rings is 1. The van der Waals surface area contributed by atoms with Crippen molar-refractivity contribution in [2.24, 2.45) is 7.05 Å². The van der Waals surface area contributed by atoms with Crippen LogP contribution in [-0.2, 0) is 7.05 Å². The highest BCUT2D eigenvalue weighted by molar-refractivity contribution is 5.59. The van der Waals surface area contributed by atoms with E-state index in [4.69, 9.17) is 0 Å². The maximum absolute atomic E-state index is 13.3. The van der Waals surface area contributed by atoms with Gasteiger partial charge in [0.15, 0.2) is 0 Å². The minimum Gasteiger partial charge on any atom is -0.331 e. The Bertz CT molecular complexity index is 571. The first-order chi connectivity index (χ1) is 9.25. The number of hydrogen-bond acceptors (Lipinski definition) is 2. The smallest absolute Gasteiger partial charge is 0.123 e. The molecule has 2 aromatic rings. The average Bonchev–Trinajstić information content (AvgIpc) is 2.81. The van der Waals surface area contributed by atoms with E-state index in [2.05, 4.69) is 14.9 Å². The first-order valence-electron chi connectivity index (χ1n) is 6.74. The Morgan fingerprint density at radius 2 is 2.32 bits per heavy atom. The molecule has 0 radical (unpaired) electrons. The molecule has 1 atom stereocenters. The van der Waals surface area contributed by atoms with E-state index < -0.39 is 0 Å². The van der Waals surface area contributed by atoms with E-state index in [1.807, 2.05) is 19.3 Å². The number of piperidine rings is 1. The predicted molar refractivity (Wildman–Crippen MR) is 73.4 cm³/mol. The largest absolute Gasteiger partial charge is 0.331 e. The van der Waals surface area contributed by atoms with E-state index in [1.54, 1.807) is 12.1 Å². The molecule has 1 aliphatic rings. The summed E-state index contributed by atoms with van der Waals surface area (Å²) in [5.41, 5.74) is 1.85. The number of rotatable bonds is 2. The van der Waals surface area contributed by atoms with Crippen LogP contribution in [0.3, 0.4) is 0 Å². The first kappa shape index (κ1) is 12.4. The molecule has 100 valence electrons. The summed E-state index contributed by atoms with van der Waals surface area (Å²) in [5.74, 6) is 1.34. The number of halogens is 1. The quantitative estimate of drug-likeness (QED) is 0.898. The first-order valence-corrected chi connectivity index (χ1v) is 6.74. The Morgan fingerprint density at radius 3 is 3.05 bits per heavy atom. The number of nitrogens with one attached hydrogen (secondary N) is 1. The summed E-state index contributed by atoms with van der Waals surface area (Å²) >= 11 is 0. The fourth-order valence-electron chi connectivity index (χ4n) is 2.79. The van der Waals surface area contributed by atoms with Gasteiger partial charge in [-0.1, -0.05) is 12.1 Å². The van der Waals surface area contributed by atoms with Crippen LogP contribution in [0, 0.1) is 5.82 Å². The standard InChI is InChI=1S/C15H18FN3/c1-19-14(11-4-2-6-13(16)8-11)10-18-15(19)12-5-3-7-17-9-12/h2,4,6,8,10,12,17H,3,5,7,9H2,1H3. The fourth-order valence-corrected chi connectivity index (χ4v) is 2.79. The minimum absolute atomic E-state index is 0.209. The zero-order chi connectivity index (χ0) is 13.2. The predicted octanol–water partition coefficient (Wildman–Crippen LogP) is 2.69. The highest BCUT2D eigenvalue weighted by atomic mass is 19.1. The van der Waals surface area contributed by atoms with Gasteiger partial charge in [-0.05, 0) is 31.5 Å². The Hall–Kier alpha value is -1.68. The lowest BCUT2D eigenvalue weighted by Crippen LogP contribution is -2.29. The second-order valence-corrected chi connectivity index (χ2v) is 5.11. The van der Waals surface area contributed by atoms with Gasteiger partial charge in [0, 0.05) is 25.1 Å². The van der Waals surface area contributed by atoms with Gasteiger partial charge in [0.2, 0.25) is 0 Å². The van der Waals surface area contributed by atoms with Crippen LogP contribution in [0.4, 0.5) is 4.39 Å². The molecule has 3 nitrogen and oxygen atoms in total. The molecule has 1 unspecified atom stereocenters. The Morgan fingerprint density at radius 1 is 1.42 bits per heavy atom. The van der Waals surface area contributed by atoms with Gasteiger partial charge in [-0.15, -0.1) is 0 Å². The van der Waals surface area contributed by atoms with E-state index in [9.17, 15) is 4.39 Å². The zero-order valence-corrected chi connectivity index (χ0v) is 11.1. The van der Waals surface area contributed by atoms with E-state index in [0.29, 0.717) is 5.92 Å². The van der Waals surface area contributed by atoms with Crippen molar-refractivity contribution in [3.63, 3.8) is 0 Å². The van der Waals surface area contributed by atoms with Crippen LogP contribution in [0.2, 0.25) is 0 Å². The van der Waals surface area contributed by atoms with Crippen LogP contribution in [0.25, 0.3) is 11.3 Å². The maximum atomic E-state index is 13.3. The van der Waals surface area contributed by atoms with Gasteiger partial charge >= 0.3 is 0 Å². The summed E-state index contributed by atoms with van der Waals surface area (Å²) in [5, 5.41) is 3.41.